The summed E-state index contributed by atoms with van der Waals surface area (Å²) in [5.74, 6) is -1.02. The van der Waals surface area contributed by atoms with Crippen LogP contribution in [0.5, 0.6) is 0 Å². The number of carbonyl (C=O) groups excluding carboxylic acids is 1. The fourth-order valence-electron chi connectivity index (χ4n) is 0.582. The van der Waals surface area contributed by atoms with E-state index in [0.29, 0.717) is 0 Å². The summed E-state index contributed by atoms with van der Waals surface area (Å²) in [6, 6.07) is -1.61. The van der Waals surface area contributed by atoms with E-state index in [0.717, 1.165) is 0 Å². The zero-order chi connectivity index (χ0) is 9.78. The van der Waals surface area contributed by atoms with E-state index in [-0.39, 0.29) is 6.61 Å². The van der Waals surface area contributed by atoms with E-state index in [2.05, 4.69) is 4.74 Å². The predicted octanol–water partition coefficient (Wildman–Crippen LogP) is 0.829. The van der Waals surface area contributed by atoms with Crippen LogP contribution in [0.4, 0.5) is 13.2 Å². The number of hydrogen-bond acceptors (Lipinski definition) is 3. The van der Waals surface area contributed by atoms with Gasteiger partial charge in [-0.2, -0.15) is 13.2 Å². The van der Waals surface area contributed by atoms with Gasteiger partial charge >= 0.3 is 12.1 Å². The molecule has 0 aromatic carbocycles. The first kappa shape index (κ1) is 11.2. The van der Waals surface area contributed by atoms with Gasteiger partial charge in [0.2, 0.25) is 0 Å². The highest BCUT2D eigenvalue weighted by atomic mass is 19.4. The normalized spacial score (nSPS) is 14.1. The molecule has 0 aliphatic heterocycles. The molecule has 72 valence electrons. The molecule has 0 spiro atoms. The summed E-state index contributed by atoms with van der Waals surface area (Å²) in [5, 5.41) is 0. The number of ether oxygens (including phenoxy) is 1. The monoisotopic (exact) mass is 185 g/mol. The van der Waals surface area contributed by atoms with Crippen molar-refractivity contribution in [2.24, 2.45) is 5.73 Å². The van der Waals surface area contributed by atoms with Gasteiger partial charge in [0.1, 0.15) is 6.04 Å². The third kappa shape index (κ3) is 4.95. The fraction of sp³-hybridized carbons (Fsp3) is 0.833. The molecular formula is C6H10F3NO2. The zero-order valence-corrected chi connectivity index (χ0v) is 6.52. The Labute approximate surface area is 67.7 Å². The van der Waals surface area contributed by atoms with Crippen LogP contribution in [0.2, 0.25) is 0 Å². The number of hydrogen-bond donors (Lipinski definition) is 1. The van der Waals surface area contributed by atoms with Crippen molar-refractivity contribution in [3.63, 3.8) is 0 Å². The smallest absolute Gasteiger partial charge is 0.391 e. The molecule has 0 saturated heterocycles. The Kier molecular flexibility index (Phi) is 4.02. The zero-order valence-electron chi connectivity index (χ0n) is 6.52. The Balaban J connectivity index is 3.87. The highest BCUT2D eigenvalue weighted by molar-refractivity contribution is 5.75. The van der Waals surface area contributed by atoms with Gasteiger partial charge < -0.3 is 10.5 Å². The Morgan fingerprint density at radius 1 is 1.58 bits per heavy atom. The molecule has 0 bridgehead atoms. The summed E-state index contributed by atoms with van der Waals surface area (Å²) in [4.78, 5) is 10.6. The lowest BCUT2D eigenvalue weighted by atomic mass is 10.2. The molecule has 0 fully saturated rings. The second-order valence-corrected chi connectivity index (χ2v) is 2.18. The van der Waals surface area contributed by atoms with Gasteiger partial charge in [0.25, 0.3) is 0 Å². The summed E-state index contributed by atoms with van der Waals surface area (Å²) in [6.45, 7) is 1.53. The Hall–Kier alpha value is -0.780. The van der Waals surface area contributed by atoms with Crippen LogP contribution in [0, 0.1) is 0 Å². The van der Waals surface area contributed by atoms with Crippen LogP contribution in [0.3, 0.4) is 0 Å². The third-order valence-corrected chi connectivity index (χ3v) is 1.04. The van der Waals surface area contributed by atoms with Gasteiger partial charge in [-0.25, -0.2) is 0 Å². The molecule has 0 heterocycles. The first-order valence-electron chi connectivity index (χ1n) is 3.35. The lowest BCUT2D eigenvalue weighted by Gasteiger charge is -2.12. The summed E-state index contributed by atoms with van der Waals surface area (Å²) in [5.41, 5.74) is 4.89. The number of rotatable bonds is 3. The molecule has 0 unspecified atom stereocenters. The van der Waals surface area contributed by atoms with Crippen molar-refractivity contribution < 1.29 is 22.7 Å². The highest BCUT2D eigenvalue weighted by Gasteiger charge is 2.33. The minimum atomic E-state index is -4.42. The minimum Gasteiger partial charge on any atom is -0.465 e. The Morgan fingerprint density at radius 3 is 2.42 bits per heavy atom. The third-order valence-electron chi connectivity index (χ3n) is 1.04. The SMILES string of the molecule is CCOC(=O)[C@H](N)CC(F)(F)F. The Bertz CT molecular complexity index is 157. The number of carbonyl (C=O) groups is 1. The van der Waals surface area contributed by atoms with E-state index in [9.17, 15) is 18.0 Å². The van der Waals surface area contributed by atoms with E-state index in [1.165, 1.54) is 6.92 Å². The summed E-state index contributed by atoms with van der Waals surface area (Å²) in [7, 11) is 0. The van der Waals surface area contributed by atoms with Crippen LogP contribution in [0.15, 0.2) is 0 Å². The summed E-state index contributed by atoms with van der Waals surface area (Å²) < 4.78 is 39.1. The quantitative estimate of drug-likeness (QED) is 0.662. The van der Waals surface area contributed by atoms with Crippen molar-refractivity contribution in [1.29, 1.82) is 0 Å². The van der Waals surface area contributed by atoms with Gasteiger partial charge in [-0.15, -0.1) is 0 Å². The largest absolute Gasteiger partial charge is 0.465 e. The van der Waals surface area contributed by atoms with Crippen LogP contribution in [-0.4, -0.2) is 24.8 Å². The number of nitrogens with two attached hydrogens (primary N) is 1. The van der Waals surface area contributed by atoms with Crippen molar-refractivity contribution in [3.8, 4) is 0 Å². The molecule has 0 aliphatic rings. The van der Waals surface area contributed by atoms with Gasteiger partial charge in [0, 0.05) is 0 Å². The molecule has 1 atom stereocenters. The molecule has 0 aromatic heterocycles. The highest BCUT2D eigenvalue weighted by Crippen LogP contribution is 2.20. The van der Waals surface area contributed by atoms with Gasteiger partial charge in [0.05, 0.1) is 13.0 Å². The first-order valence-corrected chi connectivity index (χ1v) is 3.35. The van der Waals surface area contributed by atoms with Gasteiger partial charge in [-0.1, -0.05) is 0 Å². The summed E-state index contributed by atoms with van der Waals surface area (Å²) >= 11 is 0. The van der Waals surface area contributed by atoms with E-state index in [4.69, 9.17) is 5.73 Å². The lowest BCUT2D eigenvalue weighted by molar-refractivity contribution is -0.160. The van der Waals surface area contributed by atoms with Crippen LogP contribution < -0.4 is 5.73 Å². The van der Waals surface area contributed by atoms with Crippen molar-refractivity contribution in [1.82, 2.24) is 0 Å². The second kappa shape index (κ2) is 4.30. The van der Waals surface area contributed by atoms with Gasteiger partial charge in [-0.05, 0) is 6.92 Å². The average Bonchev–Trinajstić information content (AvgIpc) is 1.84. The molecule has 0 saturated carbocycles. The second-order valence-electron chi connectivity index (χ2n) is 2.18. The van der Waals surface area contributed by atoms with E-state index < -0.39 is 24.6 Å². The molecule has 0 radical (unpaired) electrons. The lowest BCUT2D eigenvalue weighted by Crippen LogP contribution is -2.36. The van der Waals surface area contributed by atoms with Crippen LogP contribution in [0.1, 0.15) is 13.3 Å². The molecule has 0 rings (SSSR count). The van der Waals surface area contributed by atoms with Crippen LogP contribution in [0.25, 0.3) is 0 Å². The number of alkyl halides is 3. The predicted molar refractivity (Wildman–Crippen MR) is 35.3 cm³/mol. The molecule has 0 aliphatic carbocycles. The number of halogens is 3. The molecule has 6 heteroatoms. The minimum absolute atomic E-state index is 0.0321. The van der Waals surface area contributed by atoms with Crippen molar-refractivity contribution in [2.75, 3.05) is 6.61 Å². The maximum absolute atomic E-state index is 11.6. The van der Waals surface area contributed by atoms with E-state index >= 15 is 0 Å². The van der Waals surface area contributed by atoms with Crippen LogP contribution in [-0.2, 0) is 9.53 Å². The van der Waals surface area contributed by atoms with E-state index in [1.807, 2.05) is 0 Å². The summed E-state index contributed by atoms with van der Waals surface area (Å²) in [6.07, 6.45) is -5.77. The van der Waals surface area contributed by atoms with Gasteiger partial charge in [-0.3, -0.25) is 4.79 Å². The van der Waals surface area contributed by atoms with Crippen LogP contribution >= 0.6 is 0 Å². The molecule has 2 N–H and O–H groups in total. The van der Waals surface area contributed by atoms with Crippen molar-refractivity contribution in [3.05, 3.63) is 0 Å². The molecule has 12 heavy (non-hydrogen) atoms. The van der Waals surface area contributed by atoms with Gasteiger partial charge in [0.15, 0.2) is 0 Å². The average molecular weight is 185 g/mol. The molecule has 3 nitrogen and oxygen atoms in total. The number of esters is 1. The Morgan fingerprint density at radius 2 is 2.08 bits per heavy atom. The standard InChI is InChI=1S/C6H10F3NO2/c1-2-12-5(11)4(10)3-6(7,8)9/h4H,2-3,10H2,1H3/t4-/m1/s1. The topological polar surface area (TPSA) is 52.3 Å². The molecular weight excluding hydrogens is 175 g/mol. The van der Waals surface area contributed by atoms with Crippen molar-refractivity contribution in [2.45, 2.75) is 25.6 Å². The van der Waals surface area contributed by atoms with Crippen molar-refractivity contribution >= 4 is 5.97 Å². The molecule has 0 aromatic rings. The first-order chi connectivity index (χ1) is 5.37. The fourth-order valence-corrected chi connectivity index (χ4v) is 0.582. The van der Waals surface area contributed by atoms with E-state index in [1.54, 1.807) is 0 Å². The maximum atomic E-state index is 11.6. The maximum Gasteiger partial charge on any atom is 0.391 e. The molecule has 0 amide bonds.